The van der Waals surface area contributed by atoms with Gasteiger partial charge in [0.25, 0.3) is 0 Å². The molecule has 0 aliphatic heterocycles. The number of hydrogen-bond acceptors (Lipinski definition) is 4. The van der Waals surface area contributed by atoms with Crippen LogP contribution in [0.1, 0.15) is 30.9 Å². The first-order valence-electron chi connectivity index (χ1n) is 11.4. The summed E-state index contributed by atoms with van der Waals surface area (Å²) in [5.41, 5.74) is 1.32. The zero-order valence-electron chi connectivity index (χ0n) is 20.0. The van der Waals surface area contributed by atoms with Gasteiger partial charge in [0.1, 0.15) is 0 Å². The quantitative estimate of drug-likeness (QED) is 0.235. The number of carboxylic acids is 3. The summed E-state index contributed by atoms with van der Waals surface area (Å²) in [7, 11) is 0. The molecule has 4 N–H and O–H groups in total. The highest BCUT2D eigenvalue weighted by molar-refractivity contribution is 5.93. The molecule has 0 aromatic heterocycles. The number of carbonyl (C=O) groups is 3. The van der Waals surface area contributed by atoms with E-state index < -0.39 is 23.8 Å². The highest BCUT2D eigenvalue weighted by Crippen LogP contribution is 2.24. The minimum Gasteiger partial charge on any atom is -0.478 e. The van der Waals surface area contributed by atoms with Crippen molar-refractivity contribution in [2.24, 2.45) is 5.92 Å². The van der Waals surface area contributed by atoms with Gasteiger partial charge in [0.15, 0.2) is 0 Å². The van der Waals surface area contributed by atoms with E-state index in [9.17, 15) is 34.8 Å². The van der Waals surface area contributed by atoms with E-state index in [1.807, 2.05) is 60.7 Å². The Balaban J connectivity index is 2.52. The number of benzene rings is 2. The van der Waals surface area contributed by atoms with Gasteiger partial charge in [0, 0.05) is 29.2 Å². The number of allylic oxidation sites excluding steroid dienone is 4. The SMILES string of the molecule is CC(C(=O)O)=C(C=C(CCc1ccccc1)C(=O)O)C=C(C(=O)O)C(C=Cc1ccccc1)CCO. The molecule has 7 nitrogen and oxygen atoms in total. The first kappa shape index (κ1) is 28.0. The first-order chi connectivity index (χ1) is 17.2. The van der Waals surface area contributed by atoms with Crippen LogP contribution in [0.5, 0.6) is 0 Å². The van der Waals surface area contributed by atoms with Gasteiger partial charge in [-0.1, -0.05) is 72.8 Å². The number of aryl methyl sites for hydroxylation is 1. The summed E-state index contributed by atoms with van der Waals surface area (Å²) in [4.78, 5) is 35.9. The maximum atomic E-state index is 12.2. The van der Waals surface area contributed by atoms with E-state index in [4.69, 9.17) is 0 Å². The third-order valence-corrected chi connectivity index (χ3v) is 5.60. The van der Waals surface area contributed by atoms with Crippen LogP contribution in [-0.4, -0.2) is 44.9 Å². The molecule has 0 saturated heterocycles. The lowest BCUT2D eigenvalue weighted by Gasteiger charge is -2.14. The molecule has 188 valence electrons. The molecule has 2 rings (SSSR count). The van der Waals surface area contributed by atoms with E-state index in [0.717, 1.165) is 11.1 Å². The monoisotopic (exact) mass is 490 g/mol. The van der Waals surface area contributed by atoms with Crippen molar-refractivity contribution in [1.82, 2.24) is 0 Å². The molecule has 0 spiro atoms. The second kappa shape index (κ2) is 14.2. The van der Waals surface area contributed by atoms with E-state index in [0.29, 0.717) is 6.42 Å². The van der Waals surface area contributed by atoms with E-state index in [1.165, 1.54) is 19.1 Å². The number of hydrogen-bond donors (Lipinski definition) is 4. The fraction of sp³-hybridized carbons (Fsp3) is 0.207. The normalized spacial score (nSPS) is 13.8. The van der Waals surface area contributed by atoms with Gasteiger partial charge >= 0.3 is 17.9 Å². The Morgan fingerprint density at radius 1 is 0.833 bits per heavy atom. The number of aliphatic hydroxyl groups excluding tert-OH is 1. The van der Waals surface area contributed by atoms with Gasteiger partial charge in [-0.15, -0.1) is 0 Å². The minimum absolute atomic E-state index is 0.0265. The molecule has 0 saturated carbocycles. The van der Waals surface area contributed by atoms with Crippen molar-refractivity contribution in [1.29, 1.82) is 0 Å². The molecule has 0 heterocycles. The predicted molar refractivity (Wildman–Crippen MR) is 137 cm³/mol. The third-order valence-electron chi connectivity index (χ3n) is 5.60. The van der Waals surface area contributed by atoms with Crippen molar-refractivity contribution < 1.29 is 34.8 Å². The molecule has 36 heavy (non-hydrogen) atoms. The molecule has 7 heteroatoms. The summed E-state index contributed by atoms with van der Waals surface area (Å²) < 4.78 is 0. The molecule has 1 unspecified atom stereocenters. The van der Waals surface area contributed by atoms with Gasteiger partial charge in [-0.2, -0.15) is 0 Å². The van der Waals surface area contributed by atoms with E-state index in [1.54, 1.807) is 12.2 Å². The molecule has 0 radical (unpaired) electrons. The van der Waals surface area contributed by atoms with Crippen LogP contribution in [0.25, 0.3) is 6.08 Å². The maximum absolute atomic E-state index is 12.2. The summed E-state index contributed by atoms with van der Waals surface area (Å²) >= 11 is 0. The van der Waals surface area contributed by atoms with E-state index in [2.05, 4.69) is 0 Å². The highest BCUT2D eigenvalue weighted by atomic mass is 16.4. The largest absolute Gasteiger partial charge is 0.478 e. The minimum atomic E-state index is -1.30. The molecule has 0 amide bonds. The molecule has 0 fully saturated rings. The van der Waals surface area contributed by atoms with Crippen molar-refractivity contribution in [2.45, 2.75) is 26.2 Å². The highest BCUT2D eigenvalue weighted by Gasteiger charge is 2.20. The lowest BCUT2D eigenvalue weighted by atomic mass is 9.91. The van der Waals surface area contributed by atoms with Crippen molar-refractivity contribution in [3.8, 4) is 0 Å². The van der Waals surface area contributed by atoms with Crippen LogP contribution in [0, 0.1) is 5.92 Å². The van der Waals surface area contributed by atoms with Crippen LogP contribution in [0.3, 0.4) is 0 Å². The molecular formula is C29H30O7. The fourth-order valence-electron chi connectivity index (χ4n) is 3.51. The Bertz CT molecular complexity index is 1170. The molecule has 0 aliphatic rings. The Kier molecular flexibility index (Phi) is 11.1. The molecular weight excluding hydrogens is 460 g/mol. The van der Waals surface area contributed by atoms with Gasteiger partial charge in [-0.05, 0) is 55.0 Å². The molecule has 1 atom stereocenters. The Hall–Kier alpha value is -4.23. The summed E-state index contributed by atoms with van der Waals surface area (Å²) in [6.45, 7) is 1.00. The lowest BCUT2D eigenvalue weighted by Crippen LogP contribution is -2.14. The summed E-state index contributed by atoms with van der Waals surface area (Å²) in [6, 6.07) is 18.4. The molecule has 0 bridgehead atoms. The topological polar surface area (TPSA) is 132 Å². The number of carboxylic acid groups (broad SMARTS) is 3. The predicted octanol–water partition coefficient (Wildman–Crippen LogP) is 4.75. The lowest BCUT2D eigenvalue weighted by molar-refractivity contribution is -0.134. The average Bonchev–Trinajstić information content (AvgIpc) is 2.86. The zero-order valence-corrected chi connectivity index (χ0v) is 20.0. The second-order valence-electron chi connectivity index (χ2n) is 8.14. The summed E-state index contributed by atoms with van der Waals surface area (Å²) in [6.07, 6.45) is 6.39. The van der Waals surface area contributed by atoms with Crippen LogP contribution >= 0.6 is 0 Å². The van der Waals surface area contributed by atoms with E-state index in [-0.39, 0.29) is 41.7 Å². The number of aliphatic hydroxyl groups is 1. The fourth-order valence-corrected chi connectivity index (χ4v) is 3.51. The summed E-state index contributed by atoms with van der Waals surface area (Å²) in [5.74, 6) is -4.55. The molecule has 2 aromatic rings. The van der Waals surface area contributed by atoms with Crippen LogP contribution in [-0.2, 0) is 20.8 Å². The third kappa shape index (κ3) is 8.85. The number of aliphatic carboxylic acids is 3. The Morgan fingerprint density at radius 2 is 1.44 bits per heavy atom. The van der Waals surface area contributed by atoms with Crippen molar-refractivity contribution in [2.75, 3.05) is 6.61 Å². The van der Waals surface area contributed by atoms with Gasteiger partial charge in [0.2, 0.25) is 0 Å². The van der Waals surface area contributed by atoms with Gasteiger partial charge < -0.3 is 20.4 Å². The smallest absolute Gasteiger partial charge is 0.332 e. The van der Waals surface area contributed by atoms with Gasteiger partial charge in [-0.3, -0.25) is 0 Å². The van der Waals surface area contributed by atoms with Crippen molar-refractivity contribution in [3.63, 3.8) is 0 Å². The van der Waals surface area contributed by atoms with Crippen molar-refractivity contribution >= 4 is 24.0 Å². The molecule has 0 aliphatic carbocycles. The van der Waals surface area contributed by atoms with Gasteiger partial charge in [0.05, 0.1) is 0 Å². The molecule has 2 aromatic carbocycles. The van der Waals surface area contributed by atoms with Crippen LogP contribution < -0.4 is 0 Å². The van der Waals surface area contributed by atoms with Gasteiger partial charge in [-0.25, -0.2) is 14.4 Å². The van der Waals surface area contributed by atoms with Crippen molar-refractivity contribution in [3.05, 3.63) is 112 Å². The second-order valence-corrected chi connectivity index (χ2v) is 8.14. The van der Waals surface area contributed by atoms with Crippen LogP contribution in [0.15, 0.2) is 101 Å². The summed E-state index contributed by atoms with van der Waals surface area (Å²) in [5, 5.41) is 38.8. The maximum Gasteiger partial charge on any atom is 0.332 e. The van der Waals surface area contributed by atoms with Crippen LogP contribution in [0.2, 0.25) is 0 Å². The first-order valence-corrected chi connectivity index (χ1v) is 11.4. The van der Waals surface area contributed by atoms with Crippen LogP contribution in [0.4, 0.5) is 0 Å². The van der Waals surface area contributed by atoms with E-state index >= 15 is 0 Å². The Morgan fingerprint density at radius 3 is 1.97 bits per heavy atom. The number of rotatable bonds is 13. The zero-order chi connectivity index (χ0) is 26.5. The average molecular weight is 491 g/mol. The standard InChI is InChI=1S/C29H30O7/c1-20(27(31)32)25(18-24(28(33)34)15-13-22-10-6-3-7-11-22)19-26(29(35)36)23(16-17-30)14-12-21-8-4-2-5-9-21/h2-12,14,18-19,23,30H,13,15-17H2,1H3,(H,31,32)(H,33,34)(H,35,36). The Labute approximate surface area is 210 Å².